The minimum Gasteiger partial charge on any atom is -0.316 e. The molecule has 0 unspecified atom stereocenters. The van der Waals surface area contributed by atoms with Gasteiger partial charge in [-0.05, 0) is 56.0 Å². The lowest BCUT2D eigenvalue weighted by Gasteiger charge is -2.13. The average Bonchev–Trinajstić information content (AvgIpc) is 3.16. The summed E-state index contributed by atoms with van der Waals surface area (Å²) in [6, 6.07) is 10.8. The summed E-state index contributed by atoms with van der Waals surface area (Å²) in [6.45, 7) is 4.76. The van der Waals surface area contributed by atoms with Gasteiger partial charge in [-0.2, -0.15) is 0 Å². The summed E-state index contributed by atoms with van der Waals surface area (Å²) in [7, 11) is 0. The van der Waals surface area contributed by atoms with Gasteiger partial charge in [0.25, 0.3) is 0 Å². The summed E-state index contributed by atoms with van der Waals surface area (Å²) < 4.78 is 0. The molecule has 1 heteroatoms. The SMILES string of the molecule is CCC1(CNCCCCc2ccccc2)CC1. The van der Waals surface area contributed by atoms with Gasteiger partial charge < -0.3 is 5.32 Å². The number of nitrogens with one attached hydrogen (secondary N) is 1. The number of benzene rings is 1. The molecular formula is C16H25N. The van der Waals surface area contributed by atoms with E-state index in [1.54, 1.807) is 0 Å². The highest BCUT2D eigenvalue weighted by atomic mass is 14.9. The third-order valence-corrected chi connectivity index (χ3v) is 4.12. The lowest BCUT2D eigenvalue weighted by Crippen LogP contribution is -2.24. The topological polar surface area (TPSA) is 12.0 Å². The fraction of sp³-hybridized carbons (Fsp3) is 0.625. The van der Waals surface area contributed by atoms with Crippen LogP contribution in [0.4, 0.5) is 0 Å². The molecule has 0 bridgehead atoms. The van der Waals surface area contributed by atoms with Gasteiger partial charge in [-0.25, -0.2) is 0 Å². The molecule has 17 heavy (non-hydrogen) atoms. The number of rotatable bonds is 8. The van der Waals surface area contributed by atoms with Crippen molar-refractivity contribution in [3.63, 3.8) is 0 Å². The van der Waals surface area contributed by atoms with Gasteiger partial charge >= 0.3 is 0 Å². The molecule has 1 N–H and O–H groups in total. The van der Waals surface area contributed by atoms with Crippen molar-refractivity contribution >= 4 is 0 Å². The van der Waals surface area contributed by atoms with Crippen LogP contribution in [0.3, 0.4) is 0 Å². The van der Waals surface area contributed by atoms with Gasteiger partial charge in [0.05, 0.1) is 0 Å². The van der Waals surface area contributed by atoms with Crippen LogP contribution >= 0.6 is 0 Å². The zero-order chi connectivity index (χ0) is 12.0. The summed E-state index contributed by atoms with van der Waals surface area (Å²) in [5.74, 6) is 0. The van der Waals surface area contributed by atoms with Gasteiger partial charge in [0.15, 0.2) is 0 Å². The molecule has 0 saturated heterocycles. The van der Waals surface area contributed by atoms with Crippen molar-refractivity contribution in [1.82, 2.24) is 5.32 Å². The first kappa shape index (κ1) is 12.6. The van der Waals surface area contributed by atoms with E-state index in [0.29, 0.717) is 5.41 Å². The predicted octanol–water partition coefficient (Wildman–Crippen LogP) is 3.79. The third kappa shape index (κ3) is 4.16. The summed E-state index contributed by atoms with van der Waals surface area (Å²) in [6.07, 6.45) is 8.07. The van der Waals surface area contributed by atoms with Crippen molar-refractivity contribution < 1.29 is 0 Å². The van der Waals surface area contributed by atoms with Crippen molar-refractivity contribution in [2.45, 2.75) is 45.4 Å². The van der Waals surface area contributed by atoms with Crippen LogP contribution in [0.15, 0.2) is 30.3 Å². The standard InChI is InChI=1S/C16H25N/c1-2-16(11-12-16)14-17-13-7-6-10-15-8-4-3-5-9-15/h3-5,8-9,17H,2,6-7,10-14H2,1H3. The van der Waals surface area contributed by atoms with E-state index in [9.17, 15) is 0 Å². The van der Waals surface area contributed by atoms with E-state index >= 15 is 0 Å². The molecule has 1 aromatic rings. The zero-order valence-corrected chi connectivity index (χ0v) is 11.0. The maximum absolute atomic E-state index is 3.63. The molecule has 1 aromatic carbocycles. The van der Waals surface area contributed by atoms with Gasteiger partial charge in [-0.3, -0.25) is 0 Å². The minimum absolute atomic E-state index is 0.694. The molecule has 0 atom stereocenters. The van der Waals surface area contributed by atoms with Crippen LogP contribution in [0.5, 0.6) is 0 Å². The monoisotopic (exact) mass is 231 g/mol. The van der Waals surface area contributed by atoms with Crippen molar-refractivity contribution in [1.29, 1.82) is 0 Å². The number of aryl methyl sites for hydroxylation is 1. The number of unbranched alkanes of at least 4 members (excludes halogenated alkanes) is 1. The van der Waals surface area contributed by atoms with E-state index in [4.69, 9.17) is 0 Å². The highest BCUT2D eigenvalue weighted by Crippen LogP contribution is 2.47. The summed E-state index contributed by atoms with van der Waals surface area (Å²) in [4.78, 5) is 0. The van der Waals surface area contributed by atoms with E-state index in [1.807, 2.05) is 0 Å². The fourth-order valence-electron chi connectivity index (χ4n) is 2.41. The van der Waals surface area contributed by atoms with Gasteiger partial charge in [0.2, 0.25) is 0 Å². The summed E-state index contributed by atoms with van der Waals surface area (Å²) in [5.41, 5.74) is 2.17. The molecule has 0 aromatic heterocycles. The molecular weight excluding hydrogens is 206 g/mol. The quantitative estimate of drug-likeness (QED) is 0.671. The number of hydrogen-bond donors (Lipinski definition) is 1. The highest BCUT2D eigenvalue weighted by Gasteiger charge is 2.39. The van der Waals surface area contributed by atoms with E-state index in [1.165, 1.54) is 57.2 Å². The molecule has 0 amide bonds. The van der Waals surface area contributed by atoms with Gasteiger partial charge in [0, 0.05) is 6.54 Å². The van der Waals surface area contributed by atoms with Crippen LogP contribution < -0.4 is 5.32 Å². The first-order valence-electron chi connectivity index (χ1n) is 7.09. The largest absolute Gasteiger partial charge is 0.316 e. The third-order valence-electron chi connectivity index (χ3n) is 4.12. The van der Waals surface area contributed by atoms with Gasteiger partial charge in [-0.15, -0.1) is 0 Å². The van der Waals surface area contributed by atoms with E-state index in [2.05, 4.69) is 42.6 Å². The molecule has 1 fully saturated rings. The first-order valence-corrected chi connectivity index (χ1v) is 7.09. The van der Waals surface area contributed by atoms with Crippen molar-refractivity contribution in [2.75, 3.05) is 13.1 Å². The second-order valence-electron chi connectivity index (χ2n) is 5.47. The molecule has 94 valence electrons. The van der Waals surface area contributed by atoms with Gasteiger partial charge in [0.1, 0.15) is 0 Å². The molecule has 1 nitrogen and oxygen atoms in total. The van der Waals surface area contributed by atoms with E-state index < -0.39 is 0 Å². The Morgan fingerprint density at radius 3 is 2.53 bits per heavy atom. The molecule has 0 aliphatic heterocycles. The Balaban J connectivity index is 1.50. The van der Waals surface area contributed by atoms with Crippen molar-refractivity contribution in [3.05, 3.63) is 35.9 Å². The lowest BCUT2D eigenvalue weighted by molar-refractivity contribution is 0.440. The van der Waals surface area contributed by atoms with Crippen LogP contribution in [-0.2, 0) is 6.42 Å². The smallest absolute Gasteiger partial charge is 0.000771 e. The Bertz CT molecular complexity index is 314. The molecule has 0 heterocycles. The Hall–Kier alpha value is -0.820. The van der Waals surface area contributed by atoms with Crippen LogP contribution in [0.1, 0.15) is 44.6 Å². The molecule has 1 aliphatic rings. The molecule has 0 spiro atoms. The molecule has 1 saturated carbocycles. The van der Waals surface area contributed by atoms with Crippen LogP contribution in [0, 0.1) is 5.41 Å². The molecule has 0 radical (unpaired) electrons. The molecule has 2 rings (SSSR count). The second kappa shape index (κ2) is 6.20. The zero-order valence-electron chi connectivity index (χ0n) is 11.0. The van der Waals surface area contributed by atoms with Gasteiger partial charge in [-0.1, -0.05) is 37.3 Å². The number of hydrogen-bond acceptors (Lipinski definition) is 1. The Kier molecular flexibility index (Phi) is 4.61. The fourth-order valence-corrected chi connectivity index (χ4v) is 2.41. The minimum atomic E-state index is 0.694. The maximum Gasteiger partial charge on any atom is 0.000771 e. The Morgan fingerprint density at radius 2 is 1.88 bits per heavy atom. The summed E-state index contributed by atoms with van der Waals surface area (Å²) >= 11 is 0. The van der Waals surface area contributed by atoms with Crippen molar-refractivity contribution in [2.24, 2.45) is 5.41 Å². The Morgan fingerprint density at radius 1 is 1.12 bits per heavy atom. The van der Waals surface area contributed by atoms with E-state index in [0.717, 1.165) is 0 Å². The van der Waals surface area contributed by atoms with Crippen LogP contribution in [0.25, 0.3) is 0 Å². The average molecular weight is 231 g/mol. The van der Waals surface area contributed by atoms with Crippen molar-refractivity contribution in [3.8, 4) is 0 Å². The van der Waals surface area contributed by atoms with Crippen LogP contribution in [-0.4, -0.2) is 13.1 Å². The normalized spacial score (nSPS) is 17.0. The summed E-state index contributed by atoms with van der Waals surface area (Å²) in [5, 5.41) is 3.63. The van der Waals surface area contributed by atoms with Crippen LogP contribution in [0.2, 0.25) is 0 Å². The Labute approximate surface area is 106 Å². The van der Waals surface area contributed by atoms with E-state index in [-0.39, 0.29) is 0 Å². The second-order valence-corrected chi connectivity index (χ2v) is 5.47. The lowest BCUT2D eigenvalue weighted by atomic mass is 10.0. The highest BCUT2D eigenvalue weighted by molar-refractivity contribution is 5.14. The molecule has 1 aliphatic carbocycles. The maximum atomic E-state index is 3.63. The first-order chi connectivity index (χ1) is 8.35. The predicted molar refractivity (Wildman–Crippen MR) is 74.2 cm³/mol.